The van der Waals surface area contributed by atoms with Crippen LogP contribution in [0.2, 0.25) is 0 Å². The number of hydrogen-bond donors (Lipinski definition) is 0. The first-order valence-electron chi connectivity index (χ1n) is 10.3. The second-order valence-electron chi connectivity index (χ2n) is 8.00. The van der Waals surface area contributed by atoms with E-state index in [-0.39, 0.29) is 11.5 Å². The van der Waals surface area contributed by atoms with Gasteiger partial charge in [0.25, 0.3) is 5.91 Å². The lowest BCUT2D eigenvalue weighted by atomic mass is 9.81. The van der Waals surface area contributed by atoms with Crippen LogP contribution in [0.3, 0.4) is 0 Å². The SMILES string of the molecule is O=C(c1cnccn1)N1CCC(N2CCC3(CC2)OCCc2sccc23)CC1. The third kappa shape index (κ3) is 3.25. The van der Waals surface area contributed by atoms with Gasteiger partial charge in [-0.3, -0.25) is 9.78 Å². The van der Waals surface area contributed by atoms with E-state index >= 15 is 0 Å². The van der Waals surface area contributed by atoms with Crippen molar-refractivity contribution >= 4 is 17.2 Å². The lowest BCUT2D eigenvalue weighted by Crippen LogP contribution is -2.52. The molecule has 5 heterocycles. The van der Waals surface area contributed by atoms with E-state index in [1.54, 1.807) is 18.6 Å². The molecule has 1 amide bonds. The number of thiophene rings is 1. The molecule has 1 spiro atoms. The van der Waals surface area contributed by atoms with Gasteiger partial charge in [0.15, 0.2) is 0 Å². The molecule has 0 saturated carbocycles. The lowest BCUT2D eigenvalue weighted by Gasteiger charge is -2.47. The van der Waals surface area contributed by atoms with E-state index in [4.69, 9.17) is 4.74 Å². The van der Waals surface area contributed by atoms with Crippen molar-refractivity contribution in [2.24, 2.45) is 0 Å². The third-order valence-electron chi connectivity index (χ3n) is 6.60. The second kappa shape index (κ2) is 7.54. The van der Waals surface area contributed by atoms with Gasteiger partial charge in [-0.1, -0.05) is 0 Å². The molecule has 3 aliphatic rings. The number of carbonyl (C=O) groups is 1. The predicted octanol–water partition coefficient (Wildman–Crippen LogP) is 2.71. The van der Waals surface area contributed by atoms with Gasteiger partial charge < -0.3 is 14.5 Å². The molecule has 0 unspecified atom stereocenters. The number of amides is 1. The Morgan fingerprint density at radius 1 is 1.18 bits per heavy atom. The summed E-state index contributed by atoms with van der Waals surface area (Å²) in [5.74, 6) is 0.00439. The third-order valence-corrected chi connectivity index (χ3v) is 7.58. The van der Waals surface area contributed by atoms with E-state index in [9.17, 15) is 4.79 Å². The fourth-order valence-electron chi connectivity index (χ4n) is 5.03. The number of ether oxygens (including phenoxy) is 1. The molecular weight excluding hydrogens is 372 g/mol. The van der Waals surface area contributed by atoms with Crippen LogP contribution in [0.25, 0.3) is 0 Å². The standard InChI is InChI=1S/C21H26N4O2S/c26-20(18-15-22-7-8-23-18)25-9-1-16(2-10-25)24-11-5-21(6-12-24)17-4-14-28-19(17)3-13-27-21/h4,7-8,14-16H,1-3,5-6,9-13H2. The van der Waals surface area contributed by atoms with Crippen LogP contribution in [-0.4, -0.2) is 64.5 Å². The van der Waals surface area contributed by atoms with E-state index in [0.29, 0.717) is 11.7 Å². The average molecular weight is 399 g/mol. The van der Waals surface area contributed by atoms with Crippen molar-refractivity contribution < 1.29 is 9.53 Å². The highest BCUT2D eigenvalue weighted by Crippen LogP contribution is 2.43. The van der Waals surface area contributed by atoms with Gasteiger partial charge in [-0.25, -0.2) is 4.98 Å². The number of rotatable bonds is 2. The van der Waals surface area contributed by atoms with Crippen LogP contribution in [0.4, 0.5) is 0 Å². The number of nitrogens with zero attached hydrogens (tertiary/aromatic N) is 4. The summed E-state index contributed by atoms with van der Waals surface area (Å²) in [5, 5.41) is 2.22. The first-order chi connectivity index (χ1) is 13.8. The molecule has 0 N–H and O–H groups in total. The Morgan fingerprint density at radius 2 is 2.00 bits per heavy atom. The maximum absolute atomic E-state index is 12.6. The first kappa shape index (κ1) is 18.2. The van der Waals surface area contributed by atoms with Gasteiger partial charge >= 0.3 is 0 Å². The maximum atomic E-state index is 12.6. The largest absolute Gasteiger partial charge is 0.370 e. The average Bonchev–Trinajstić information content (AvgIpc) is 3.25. The molecule has 28 heavy (non-hydrogen) atoms. The highest BCUT2D eigenvalue weighted by Gasteiger charge is 2.42. The summed E-state index contributed by atoms with van der Waals surface area (Å²) in [6.45, 7) is 4.62. The van der Waals surface area contributed by atoms with Crippen LogP contribution in [-0.2, 0) is 16.8 Å². The monoisotopic (exact) mass is 398 g/mol. The van der Waals surface area contributed by atoms with Gasteiger partial charge in [-0.15, -0.1) is 11.3 Å². The quantitative estimate of drug-likeness (QED) is 0.779. The smallest absolute Gasteiger partial charge is 0.274 e. The zero-order valence-corrected chi connectivity index (χ0v) is 16.9. The summed E-state index contributed by atoms with van der Waals surface area (Å²) < 4.78 is 6.34. The van der Waals surface area contributed by atoms with Crippen LogP contribution in [0, 0.1) is 0 Å². The molecular formula is C21H26N4O2S. The molecule has 5 rings (SSSR count). The zero-order chi connectivity index (χ0) is 19.0. The summed E-state index contributed by atoms with van der Waals surface area (Å²) in [4.78, 5) is 26.8. The molecule has 7 heteroatoms. The lowest BCUT2D eigenvalue weighted by molar-refractivity contribution is -0.104. The topological polar surface area (TPSA) is 58.6 Å². The number of hydrogen-bond acceptors (Lipinski definition) is 6. The Balaban J connectivity index is 1.18. The highest BCUT2D eigenvalue weighted by molar-refractivity contribution is 7.10. The number of fused-ring (bicyclic) bond motifs is 2. The fraction of sp³-hybridized carbons (Fsp3) is 0.571. The summed E-state index contributed by atoms with van der Waals surface area (Å²) in [7, 11) is 0. The minimum atomic E-state index is -0.0489. The van der Waals surface area contributed by atoms with Crippen LogP contribution in [0.15, 0.2) is 30.0 Å². The summed E-state index contributed by atoms with van der Waals surface area (Å²) >= 11 is 1.88. The Labute approximate surface area is 169 Å². The van der Waals surface area contributed by atoms with E-state index < -0.39 is 0 Å². The van der Waals surface area contributed by atoms with Gasteiger partial charge in [-0.2, -0.15) is 0 Å². The van der Waals surface area contributed by atoms with Crippen LogP contribution < -0.4 is 0 Å². The molecule has 3 aliphatic heterocycles. The van der Waals surface area contributed by atoms with Crippen molar-refractivity contribution in [3.05, 3.63) is 46.2 Å². The zero-order valence-electron chi connectivity index (χ0n) is 16.0. The molecule has 0 atom stereocenters. The van der Waals surface area contributed by atoms with Crippen molar-refractivity contribution in [3.63, 3.8) is 0 Å². The minimum Gasteiger partial charge on any atom is -0.370 e. The molecule has 0 radical (unpaired) electrons. The predicted molar refractivity (Wildman–Crippen MR) is 107 cm³/mol. The summed E-state index contributed by atoms with van der Waals surface area (Å²) in [6, 6.07) is 2.85. The van der Waals surface area contributed by atoms with Gasteiger partial charge in [0.2, 0.25) is 0 Å². The van der Waals surface area contributed by atoms with Crippen molar-refractivity contribution in [1.82, 2.24) is 19.8 Å². The minimum absolute atomic E-state index is 0.00439. The number of likely N-dealkylation sites (tertiary alicyclic amines) is 2. The van der Waals surface area contributed by atoms with E-state index in [2.05, 4.69) is 26.3 Å². The Kier molecular flexibility index (Phi) is 4.90. The van der Waals surface area contributed by atoms with E-state index in [1.165, 1.54) is 10.4 Å². The van der Waals surface area contributed by atoms with Crippen LogP contribution in [0.1, 0.15) is 46.6 Å². The first-order valence-corrected chi connectivity index (χ1v) is 11.1. The van der Waals surface area contributed by atoms with Gasteiger partial charge in [0, 0.05) is 55.9 Å². The molecule has 0 bridgehead atoms. The van der Waals surface area contributed by atoms with Gasteiger partial charge in [-0.05, 0) is 42.7 Å². The van der Waals surface area contributed by atoms with Crippen molar-refractivity contribution in [2.45, 2.75) is 43.7 Å². The number of piperidine rings is 2. The Bertz CT molecular complexity index is 824. The molecule has 0 aromatic carbocycles. The van der Waals surface area contributed by atoms with Crippen molar-refractivity contribution in [3.8, 4) is 0 Å². The van der Waals surface area contributed by atoms with Crippen LogP contribution in [0.5, 0.6) is 0 Å². The number of carbonyl (C=O) groups excluding carboxylic acids is 1. The Morgan fingerprint density at radius 3 is 2.75 bits per heavy atom. The molecule has 2 saturated heterocycles. The Hall–Kier alpha value is -1.83. The van der Waals surface area contributed by atoms with E-state index in [0.717, 1.165) is 64.9 Å². The molecule has 2 fully saturated rings. The second-order valence-corrected chi connectivity index (χ2v) is 9.00. The maximum Gasteiger partial charge on any atom is 0.274 e. The highest BCUT2D eigenvalue weighted by atomic mass is 32.1. The molecule has 2 aromatic heterocycles. The fourth-order valence-corrected chi connectivity index (χ4v) is 5.98. The summed E-state index contributed by atoms with van der Waals surface area (Å²) in [5.41, 5.74) is 1.85. The van der Waals surface area contributed by atoms with Gasteiger partial charge in [0.1, 0.15) is 5.69 Å². The normalized spacial score (nSPS) is 22.9. The van der Waals surface area contributed by atoms with Crippen LogP contribution >= 0.6 is 11.3 Å². The molecule has 148 valence electrons. The summed E-state index contributed by atoms with van der Waals surface area (Å²) in [6.07, 6.45) is 10.0. The molecule has 6 nitrogen and oxygen atoms in total. The van der Waals surface area contributed by atoms with Crippen molar-refractivity contribution in [1.29, 1.82) is 0 Å². The van der Waals surface area contributed by atoms with E-state index in [1.807, 2.05) is 16.2 Å². The number of aromatic nitrogens is 2. The van der Waals surface area contributed by atoms with Crippen molar-refractivity contribution in [2.75, 3.05) is 32.8 Å². The molecule has 2 aromatic rings. The van der Waals surface area contributed by atoms with Gasteiger partial charge in [0.05, 0.1) is 18.4 Å². The molecule has 0 aliphatic carbocycles.